The first-order valence-corrected chi connectivity index (χ1v) is 6.04. The van der Waals surface area contributed by atoms with E-state index in [1.165, 1.54) is 5.56 Å². The summed E-state index contributed by atoms with van der Waals surface area (Å²) in [5.74, 6) is 1.40. The number of aromatic nitrogens is 2. The van der Waals surface area contributed by atoms with Crippen LogP contribution in [0.25, 0.3) is 0 Å². The molecule has 0 fully saturated rings. The highest BCUT2D eigenvalue weighted by molar-refractivity contribution is 5.56. The van der Waals surface area contributed by atoms with Crippen molar-refractivity contribution in [1.82, 2.24) is 15.0 Å². The minimum Gasteiger partial charge on any atom is -0.373 e. The number of benzene rings is 1. The average molecular weight is 244 g/mol. The zero-order valence-electron chi connectivity index (χ0n) is 10.6. The maximum atomic E-state index is 5.33. The second-order valence-corrected chi connectivity index (χ2v) is 4.84. The quantitative estimate of drug-likeness (QED) is 0.892. The molecule has 0 saturated carbocycles. The maximum Gasteiger partial charge on any atom is 0.249 e. The molecule has 0 amide bonds. The van der Waals surface area contributed by atoms with Crippen LogP contribution in [0, 0.1) is 0 Å². The van der Waals surface area contributed by atoms with E-state index in [0.29, 0.717) is 12.4 Å². The van der Waals surface area contributed by atoms with Crippen LogP contribution >= 0.6 is 0 Å². The van der Waals surface area contributed by atoms with Crippen molar-refractivity contribution < 1.29 is 4.52 Å². The standard InChI is InChI=1S/C13H16N4O/c1-17(2)8-12-15-13(18-16-12)11-7-9-5-3-4-6-10(9)14-11/h3-6,11,14H,7-8H2,1-2H3. The normalized spacial score (nSPS) is 17.8. The zero-order chi connectivity index (χ0) is 12.5. The van der Waals surface area contributed by atoms with Gasteiger partial charge in [0.05, 0.1) is 6.54 Å². The van der Waals surface area contributed by atoms with Gasteiger partial charge in [-0.25, -0.2) is 0 Å². The van der Waals surface area contributed by atoms with E-state index in [9.17, 15) is 0 Å². The second kappa shape index (κ2) is 4.42. The molecule has 2 heterocycles. The van der Waals surface area contributed by atoms with Gasteiger partial charge in [-0.3, -0.25) is 0 Å². The number of hydrogen-bond acceptors (Lipinski definition) is 5. The summed E-state index contributed by atoms with van der Waals surface area (Å²) in [4.78, 5) is 6.45. The Balaban J connectivity index is 1.76. The van der Waals surface area contributed by atoms with E-state index in [4.69, 9.17) is 4.52 Å². The molecule has 2 aromatic rings. The lowest BCUT2D eigenvalue weighted by Gasteiger charge is -2.05. The molecule has 1 aromatic heterocycles. The highest BCUT2D eigenvalue weighted by atomic mass is 16.5. The third-order valence-corrected chi connectivity index (χ3v) is 3.01. The lowest BCUT2D eigenvalue weighted by atomic mass is 10.1. The van der Waals surface area contributed by atoms with Gasteiger partial charge in [0.1, 0.15) is 6.04 Å². The van der Waals surface area contributed by atoms with Gasteiger partial charge in [-0.1, -0.05) is 23.4 Å². The Kier molecular flexibility index (Phi) is 2.76. The fraction of sp³-hybridized carbons (Fsp3) is 0.385. The highest BCUT2D eigenvalue weighted by Crippen LogP contribution is 2.32. The van der Waals surface area contributed by atoms with Crippen LogP contribution in [0.3, 0.4) is 0 Å². The second-order valence-electron chi connectivity index (χ2n) is 4.84. The molecule has 1 atom stereocenters. The van der Waals surface area contributed by atoms with Crippen LogP contribution in [0.5, 0.6) is 0 Å². The summed E-state index contributed by atoms with van der Waals surface area (Å²) in [6.07, 6.45) is 0.903. The summed E-state index contributed by atoms with van der Waals surface area (Å²) in [7, 11) is 3.97. The van der Waals surface area contributed by atoms with Crippen LogP contribution < -0.4 is 5.32 Å². The van der Waals surface area contributed by atoms with Crippen molar-refractivity contribution in [2.45, 2.75) is 19.0 Å². The van der Waals surface area contributed by atoms with E-state index < -0.39 is 0 Å². The van der Waals surface area contributed by atoms with Crippen molar-refractivity contribution >= 4 is 5.69 Å². The number of anilines is 1. The molecule has 0 radical (unpaired) electrons. The predicted molar refractivity (Wildman–Crippen MR) is 68.2 cm³/mol. The van der Waals surface area contributed by atoms with Crippen LogP contribution in [0.15, 0.2) is 28.8 Å². The van der Waals surface area contributed by atoms with Gasteiger partial charge in [0, 0.05) is 12.1 Å². The van der Waals surface area contributed by atoms with E-state index in [1.54, 1.807) is 0 Å². The van der Waals surface area contributed by atoms with Gasteiger partial charge in [0.2, 0.25) is 5.89 Å². The Morgan fingerprint density at radius 3 is 3.00 bits per heavy atom. The van der Waals surface area contributed by atoms with Crippen LogP contribution in [-0.2, 0) is 13.0 Å². The van der Waals surface area contributed by atoms with Gasteiger partial charge in [0.15, 0.2) is 5.82 Å². The van der Waals surface area contributed by atoms with E-state index >= 15 is 0 Å². The molecule has 94 valence electrons. The van der Waals surface area contributed by atoms with Crippen LogP contribution in [-0.4, -0.2) is 29.1 Å². The zero-order valence-corrected chi connectivity index (χ0v) is 10.6. The topological polar surface area (TPSA) is 54.2 Å². The lowest BCUT2D eigenvalue weighted by Crippen LogP contribution is -2.12. The first kappa shape index (κ1) is 11.2. The molecule has 1 aliphatic heterocycles. The Morgan fingerprint density at radius 1 is 1.39 bits per heavy atom. The van der Waals surface area contributed by atoms with E-state index in [-0.39, 0.29) is 6.04 Å². The van der Waals surface area contributed by atoms with Gasteiger partial charge in [-0.05, 0) is 25.7 Å². The van der Waals surface area contributed by atoms with Gasteiger partial charge in [-0.2, -0.15) is 4.98 Å². The Hall–Kier alpha value is -1.88. The van der Waals surface area contributed by atoms with Gasteiger partial charge < -0.3 is 14.7 Å². The third kappa shape index (κ3) is 2.09. The van der Waals surface area contributed by atoms with Crippen molar-refractivity contribution in [3.05, 3.63) is 41.5 Å². The first-order valence-electron chi connectivity index (χ1n) is 6.04. The van der Waals surface area contributed by atoms with E-state index in [1.807, 2.05) is 31.1 Å². The summed E-state index contributed by atoms with van der Waals surface area (Å²) < 4.78 is 5.33. The van der Waals surface area contributed by atoms with Gasteiger partial charge in [-0.15, -0.1) is 0 Å². The number of nitrogens with one attached hydrogen (secondary N) is 1. The number of para-hydroxylation sites is 1. The number of hydrogen-bond donors (Lipinski definition) is 1. The van der Waals surface area contributed by atoms with Gasteiger partial charge in [0.25, 0.3) is 0 Å². The van der Waals surface area contributed by atoms with Crippen LogP contribution in [0.2, 0.25) is 0 Å². The molecule has 1 aliphatic rings. The molecule has 0 aliphatic carbocycles. The molecule has 0 spiro atoms. The largest absolute Gasteiger partial charge is 0.373 e. The summed E-state index contributed by atoms with van der Waals surface area (Å²) in [5.41, 5.74) is 2.46. The number of rotatable bonds is 3. The molecule has 0 saturated heterocycles. The summed E-state index contributed by atoms with van der Waals surface area (Å²) in [6, 6.07) is 8.38. The molecule has 1 unspecified atom stereocenters. The lowest BCUT2D eigenvalue weighted by molar-refractivity contribution is 0.341. The first-order chi connectivity index (χ1) is 8.72. The Morgan fingerprint density at radius 2 is 2.22 bits per heavy atom. The minimum absolute atomic E-state index is 0.103. The molecule has 18 heavy (non-hydrogen) atoms. The fourth-order valence-corrected chi connectivity index (χ4v) is 2.20. The summed E-state index contributed by atoms with van der Waals surface area (Å²) in [6.45, 7) is 0.698. The van der Waals surface area contributed by atoms with Crippen LogP contribution in [0.4, 0.5) is 5.69 Å². The third-order valence-electron chi connectivity index (χ3n) is 3.01. The van der Waals surface area contributed by atoms with E-state index in [0.717, 1.165) is 17.9 Å². The van der Waals surface area contributed by atoms with Crippen molar-refractivity contribution in [2.24, 2.45) is 0 Å². The fourth-order valence-electron chi connectivity index (χ4n) is 2.20. The van der Waals surface area contributed by atoms with Gasteiger partial charge >= 0.3 is 0 Å². The van der Waals surface area contributed by atoms with Crippen molar-refractivity contribution in [3.63, 3.8) is 0 Å². The molecular formula is C13H16N4O. The minimum atomic E-state index is 0.103. The van der Waals surface area contributed by atoms with Crippen molar-refractivity contribution in [3.8, 4) is 0 Å². The number of fused-ring (bicyclic) bond motifs is 1. The molecule has 3 rings (SSSR count). The number of nitrogens with zero attached hydrogens (tertiary/aromatic N) is 3. The smallest absolute Gasteiger partial charge is 0.249 e. The molecule has 0 bridgehead atoms. The molecule has 5 heteroatoms. The molecule has 1 N–H and O–H groups in total. The molecule has 5 nitrogen and oxygen atoms in total. The van der Waals surface area contributed by atoms with Crippen LogP contribution in [0.1, 0.15) is 23.3 Å². The van der Waals surface area contributed by atoms with Crippen molar-refractivity contribution in [2.75, 3.05) is 19.4 Å². The maximum absolute atomic E-state index is 5.33. The average Bonchev–Trinajstić information content (AvgIpc) is 2.93. The molecule has 1 aromatic carbocycles. The summed E-state index contributed by atoms with van der Waals surface area (Å²) >= 11 is 0. The predicted octanol–water partition coefficient (Wildman–Crippen LogP) is 1.84. The highest BCUT2D eigenvalue weighted by Gasteiger charge is 2.26. The monoisotopic (exact) mass is 244 g/mol. The Labute approximate surface area is 106 Å². The van der Waals surface area contributed by atoms with Crippen molar-refractivity contribution in [1.29, 1.82) is 0 Å². The summed E-state index contributed by atoms with van der Waals surface area (Å²) in [5, 5.41) is 7.40. The molecular weight excluding hydrogens is 228 g/mol. The Bertz CT molecular complexity index is 524. The SMILES string of the molecule is CN(C)Cc1noc(C2Cc3ccccc3N2)n1. The van der Waals surface area contributed by atoms with E-state index in [2.05, 4.69) is 27.6 Å².